The summed E-state index contributed by atoms with van der Waals surface area (Å²) in [5, 5.41) is 0. The summed E-state index contributed by atoms with van der Waals surface area (Å²) in [5.41, 5.74) is 0. The molecule has 39 heavy (non-hydrogen) atoms. The summed E-state index contributed by atoms with van der Waals surface area (Å²) < 4.78 is 37.2. The Balaban J connectivity index is -0.000000566. The van der Waals surface area contributed by atoms with Crippen molar-refractivity contribution in [2.24, 2.45) is 0 Å². The molecule has 0 unspecified atom stereocenters. The van der Waals surface area contributed by atoms with Crippen molar-refractivity contribution in [3.8, 4) is 0 Å². The van der Waals surface area contributed by atoms with E-state index in [-0.39, 0.29) is 0 Å². The van der Waals surface area contributed by atoms with Crippen LogP contribution in [0, 0.1) is 0 Å². The van der Waals surface area contributed by atoms with E-state index in [4.69, 9.17) is 15.9 Å². The van der Waals surface area contributed by atoms with Crippen LogP contribution in [0.3, 0.4) is 0 Å². The van der Waals surface area contributed by atoms with Crippen LogP contribution in [0.1, 0.15) is 158 Å². The minimum absolute atomic E-state index is 1.35. The van der Waals surface area contributed by atoms with Crippen LogP contribution in [0.15, 0.2) is 0 Å². The summed E-state index contributed by atoms with van der Waals surface area (Å²) in [7, 11) is 0. The van der Waals surface area contributed by atoms with Crippen LogP contribution in [0.4, 0.5) is 0 Å². The van der Waals surface area contributed by atoms with Crippen molar-refractivity contribution in [3.63, 3.8) is 0 Å². The van der Waals surface area contributed by atoms with E-state index in [2.05, 4.69) is 55.4 Å². The third-order valence-electron chi connectivity index (χ3n) is 7.89. The second kappa shape index (κ2) is 29.5. The van der Waals surface area contributed by atoms with Crippen LogP contribution in [-0.4, -0.2) is 61.3 Å². The molecule has 0 atom stereocenters. The predicted molar refractivity (Wildman–Crippen MR) is 160 cm³/mol. The Morgan fingerprint density at radius 3 is 0.538 bits per heavy atom. The van der Waals surface area contributed by atoms with Gasteiger partial charge in [0.15, 0.2) is 0 Å². The Bertz CT molecular complexity index is 466. The molecule has 0 bridgehead atoms. The van der Waals surface area contributed by atoms with E-state index in [1.54, 1.807) is 0 Å². The zero-order valence-electron chi connectivity index (χ0n) is 27.9. The van der Waals surface area contributed by atoms with Gasteiger partial charge >= 0.3 is 29.5 Å². The van der Waals surface area contributed by atoms with Crippen molar-refractivity contribution < 1.29 is 38.5 Å². The van der Waals surface area contributed by atoms with Crippen LogP contribution >= 0.6 is 0 Å². The van der Waals surface area contributed by atoms with Gasteiger partial charge in [0.2, 0.25) is 0 Å². The monoisotopic (exact) mass is 600 g/mol. The molecule has 240 valence electrons. The summed E-state index contributed by atoms with van der Waals surface area (Å²) in [6.45, 7) is 30.0. The molecule has 0 aliphatic carbocycles. The first-order valence-electron chi connectivity index (χ1n) is 16.9. The maximum absolute atomic E-state index is 8.59. The number of quaternary nitrogens is 2. The van der Waals surface area contributed by atoms with E-state index in [9.17, 15) is 0 Å². The zero-order valence-corrected chi connectivity index (χ0v) is 29.2. The molecule has 0 N–H and O–H groups in total. The fourth-order valence-corrected chi connectivity index (χ4v) is 5.29. The third-order valence-corrected chi connectivity index (χ3v) is 7.89. The SMILES string of the molecule is CCCC[N+](CCCC)(CCCC)CCCC.CCCC[N+](CCCC)(CCCC)CCCC.[O]=[Cr](=[O])([O-])[O-]. The van der Waals surface area contributed by atoms with Crippen molar-refractivity contribution in [3.05, 3.63) is 0 Å². The number of unbranched alkanes of at least 4 members (excludes halogenated alkanes) is 8. The van der Waals surface area contributed by atoms with E-state index in [1.807, 2.05) is 0 Å². The van der Waals surface area contributed by atoms with E-state index >= 15 is 0 Å². The average molecular weight is 601 g/mol. The third kappa shape index (κ3) is 30.8. The Kier molecular flexibility index (Phi) is 32.8. The fourth-order valence-electron chi connectivity index (χ4n) is 5.29. The first kappa shape index (κ1) is 43.4. The normalized spacial score (nSPS) is 11.9. The second-order valence-electron chi connectivity index (χ2n) is 11.7. The second-order valence-corrected chi connectivity index (χ2v) is 13.0. The standard InChI is InChI=1S/2C16H36N.Cr.4O/c2*1-5-9-13-17(14-10-6-2,15-11-7-3)16-12-8-4;;;;;/h2*5-16H2,1-4H3;;;;;/q2*+1;;;;2*-1. The molecular weight excluding hydrogens is 528 g/mol. The van der Waals surface area contributed by atoms with Gasteiger partial charge in [-0.15, -0.1) is 0 Å². The van der Waals surface area contributed by atoms with Crippen LogP contribution in [-0.2, 0) is 21.2 Å². The number of nitrogens with zero attached hydrogens (tertiary/aromatic N) is 2. The van der Waals surface area contributed by atoms with Gasteiger partial charge in [-0.25, -0.2) is 0 Å². The van der Waals surface area contributed by atoms with Gasteiger partial charge in [0, 0.05) is 0 Å². The minimum atomic E-state index is -5.75. The van der Waals surface area contributed by atoms with Crippen LogP contribution in [0.5, 0.6) is 0 Å². The van der Waals surface area contributed by atoms with Gasteiger partial charge in [-0.3, -0.25) is 0 Å². The average Bonchev–Trinajstić information content (AvgIpc) is 2.91. The molecule has 0 saturated heterocycles. The summed E-state index contributed by atoms with van der Waals surface area (Å²) in [6.07, 6.45) is 22.1. The first-order chi connectivity index (χ1) is 18.5. The zero-order chi connectivity index (χ0) is 30.5. The molecule has 0 aliphatic rings. The quantitative estimate of drug-likeness (QED) is 0.108. The Labute approximate surface area is 248 Å². The van der Waals surface area contributed by atoms with Crippen LogP contribution < -0.4 is 8.32 Å². The first-order valence-corrected chi connectivity index (χ1v) is 18.9. The molecule has 0 amide bonds. The van der Waals surface area contributed by atoms with E-state index in [0.29, 0.717) is 0 Å². The predicted octanol–water partition coefficient (Wildman–Crippen LogP) is 7.39. The van der Waals surface area contributed by atoms with Crippen LogP contribution in [0.2, 0.25) is 0 Å². The van der Waals surface area contributed by atoms with Crippen molar-refractivity contribution in [1.29, 1.82) is 0 Å². The molecule has 0 fully saturated rings. The summed E-state index contributed by atoms with van der Waals surface area (Å²) in [5.74, 6) is 0. The summed E-state index contributed by atoms with van der Waals surface area (Å²) in [4.78, 5) is 0. The van der Waals surface area contributed by atoms with Gasteiger partial charge in [-0.2, -0.15) is 0 Å². The molecule has 0 heterocycles. The molecule has 0 aromatic heterocycles. The summed E-state index contributed by atoms with van der Waals surface area (Å²) >= 11 is -5.75. The van der Waals surface area contributed by atoms with Crippen LogP contribution in [0.25, 0.3) is 0 Å². The topological polar surface area (TPSA) is 80.3 Å². The van der Waals surface area contributed by atoms with Gasteiger partial charge < -0.3 is 8.97 Å². The molecule has 0 saturated carbocycles. The van der Waals surface area contributed by atoms with Crippen molar-refractivity contribution >= 4 is 0 Å². The fraction of sp³-hybridized carbons (Fsp3) is 1.00. The molecule has 0 aromatic carbocycles. The maximum atomic E-state index is 8.59. The molecule has 7 heteroatoms. The Morgan fingerprint density at radius 1 is 0.359 bits per heavy atom. The number of hydrogen-bond donors (Lipinski definition) is 0. The Hall–Kier alpha value is -0.0275. The molecule has 0 aromatic rings. The van der Waals surface area contributed by atoms with Gasteiger partial charge in [-0.05, 0) is 51.4 Å². The number of rotatable bonds is 24. The van der Waals surface area contributed by atoms with Crippen molar-refractivity contribution in [2.45, 2.75) is 158 Å². The molecule has 0 aliphatic heterocycles. The van der Waals surface area contributed by atoms with E-state index in [0.717, 1.165) is 0 Å². The van der Waals surface area contributed by atoms with Crippen molar-refractivity contribution in [2.75, 3.05) is 52.4 Å². The van der Waals surface area contributed by atoms with Gasteiger partial charge in [0.25, 0.3) is 0 Å². The Morgan fingerprint density at radius 2 is 0.462 bits per heavy atom. The summed E-state index contributed by atoms with van der Waals surface area (Å²) in [6, 6.07) is 0. The van der Waals surface area contributed by atoms with E-state index in [1.165, 1.54) is 164 Å². The number of hydrogen-bond acceptors (Lipinski definition) is 4. The molecule has 6 nitrogen and oxygen atoms in total. The molecule has 0 spiro atoms. The van der Waals surface area contributed by atoms with E-state index < -0.39 is 13.6 Å². The molecule has 0 rings (SSSR count). The van der Waals surface area contributed by atoms with Gasteiger partial charge in [0.05, 0.1) is 52.4 Å². The van der Waals surface area contributed by atoms with Gasteiger partial charge in [-0.1, -0.05) is 107 Å². The van der Waals surface area contributed by atoms with Gasteiger partial charge in [0.1, 0.15) is 0 Å². The van der Waals surface area contributed by atoms with Crippen molar-refractivity contribution in [1.82, 2.24) is 0 Å². The molecular formula is C32H72CrN2O4. The molecule has 0 radical (unpaired) electrons.